The second kappa shape index (κ2) is 8.32. The Bertz CT molecular complexity index is 472. The molecule has 0 unspecified atom stereocenters. The number of hydrogen-bond donors (Lipinski definition) is 0. The first-order valence-electron chi connectivity index (χ1n) is 9.04. The third kappa shape index (κ3) is 4.10. The maximum Gasteiger partial charge on any atom is 0.309 e. The van der Waals surface area contributed by atoms with E-state index >= 15 is 0 Å². The number of rotatable bonds is 7. The van der Waals surface area contributed by atoms with Crippen molar-refractivity contribution in [1.29, 1.82) is 0 Å². The molecule has 138 valence electrons. The summed E-state index contributed by atoms with van der Waals surface area (Å²) in [4.78, 5) is 24.0. The number of Topliss-reactive ketones (excluding diaryl/α,β-unsaturated/α-hetero) is 1. The van der Waals surface area contributed by atoms with Crippen LogP contribution >= 0.6 is 0 Å². The van der Waals surface area contributed by atoms with Crippen molar-refractivity contribution < 1.29 is 18.8 Å². The number of esters is 1. The first-order valence-corrected chi connectivity index (χ1v) is 11.2. The van der Waals surface area contributed by atoms with Gasteiger partial charge < -0.3 is 9.16 Å². The largest absolute Gasteiger partial charge is 0.546 e. The van der Waals surface area contributed by atoms with Crippen LogP contribution in [0, 0.1) is 11.8 Å². The second-order valence-electron chi connectivity index (χ2n) is 7.88. The zero-order valence-corrected chi connectivity index (χ0v) is 17.5. The SMILES string of the molecule is COC(=O)[C@@H]1CC(O[Si](C(C)C)(C(C)C)C(C)C)=CC[C@H]1C(C)=O. The van der Waals surface area contributed by atoms with Gasteiger partial charge >= 0.3 is 5.97 Å². The first-order chi connectivity index (χ1) is 11.1. The van der Waals surface area contributed by atoms with E-state index in [4.69, 9.17) is 9.16 Å². The van der Waals surface area contributed by atoms with Gasteiger partial charge in [-0.25, -0.2) is 0 Å². The van der Waals surface area contributed by atoms with Gasteiger partial charge in [-0.3, -0.25) is 9.59 Å². The monoisotopic (exact) mass is 354 g/mol. The molecule has 0 heterocycles. The summed E-state index contributed by atoms with van der Waals surface area (Å²) in [6, 6.07) is 0. The maximum atomic E-state index is 12.1. The van der Waals surface area contributed by atoms with E-state index in [1.54, 1.807) is 6.92 Å². The Morgan fingerprint density at radius 1 is 1.04 bits per heavy atom. The molecule has 1 aliphatic rings. The topological polar surface area (TPSA) is 52.6 Å². The molecule has 0 aromatic carbocycles. The Kier molecular flexibility index (Phi) is 7.26. The zero-order valence-electron chi connectivity index (χ0n) is 16.5. The van der Waals surface area contributed by atoms with E-state index in [1.165, 1.54) is 7.11 Å². The van der Waals surface area contributed by atoms with Gasteiger partial charge in [0.15, 0.2) is 0 Å². The number of methoxy groups -OCH3 is 1. The van der Waals surface area contributed by atoms with Gasteiger partial charge in [-0.05, 0) is 36.0 Å². The van der Waals surface area contributed by atoms with Crippen LogP contribution in [0.1, 0.15) is 61.3 Å². The van der Waals surface area contributed by atoms with Gasteiger partial charge in [0.2, 0.25) is 0 Å². The van der Waals surface area contributed by atoms with Gasteiger partial charge in [0, 0.05) is 12.3 Å². The Hall–Kier alpha value is -1.10. The molecule has 0 amide bonds. The first kappa shape index (κ1) is 20.9. The van der Waals surface area contributed by atoms with Crippen LogP contribution in [-0.2, 0) is 18.8 Å². The van der Waals surface area contributed by atoms with Crippen molar-refractivity contribution in [2.45, 2.75) is 77.9 Å². The zero-order chi connectivity index (χ0) is 18.7. The van der Waals surface area contributed by atoms with Crippen molar-refractivity contribution >= 4 is 20.1 Å². The highest BCUT2D eigenvalue weighted by Crippen LogP contribution is 2.45. The number of hydrogen-bond acceptors (Lipinski definition) is 4. The van der Waals surface area contributed by atoms with Gasteiger partial charge in [-0.2, -0.15) is 0 Å². The molecular formula is C19H34O4Si. The van der Waals surface area contributed by atoms with Crippen molar-refractivity contribution in [3.8, 4) is 0 Å². The molecule has 0 aliphatic heterocycles. The van der Waals surface area contributed by atoms with Gasteiger partial charge in [0.1, 0.15) is 5.78 Å². The lowest BCUT2D eigenvalue weighted by Crippen LogP contribution is -2.48. The van der Waals surface area contributed by atoms with Crippen LogP contribution < -0.4 is 0 Å². The summed E-state index contributed by atoms with van der Waals surface area (Å²) in [6.45, 7) is 15.0. The number of allylic oxidation sites excluding steroid dienone is 2. The molecule has 0 fully saturated rings. The molecule has 24 heavy (non-hydrogen) atoms. The average Bonchev–Trinajstić information content (AvgIpc) is 2.50. The van der Waals surface area contributed by atoms with Crippen LogP contribution in [0.15, 0.2) is 11.8 Å². The molecule has 0 N–H and O–H groups in total. The summed E-state index contributed by atoms with van der Waals surface area (Å²) in [6.07, 6.45) is 3.06. The molecule has 0 saturated carbocycles. The van der Waals surface area contributed by atoms with Crippen LogP contribution in [0.3, 0.4) is 0 Å². The average molecular weight is 355 g/mol. The molecule has 1 aliphatic carbocycles. The third-order valence-corrected chi connectivity index (χ3v) is 11.6. The lowest BCUT2D eigenvalue weighted by atomic mass is 9.80. The van der Waals surface area contributed by atoms with E-state index in [9.17, 15) is 9.59 Å². The summed E-state index contributed by atoms with van der Waals surface area (Å²) < 4.78 is 11.6. The van der Waals surface area contributed by atoms with Crippen molar-refractivity contribution in [3.63, 3.8) is 0 Å². The summed E-state index contributed by atoms with van der Waals surface area (Å²) in [7, 11) is -0.661. The molecule has 0 bridgehead atoms. The second-order valence-corrected chi connectivity index (χ2v) is 13.3. The molecule has 0 spiro atoms. The fourth-order valence-electron chi connectivity index (χ4n) is 4.38. The van der Waals surface area contributed by atoms with Gasteiger partial charge in [0.05, 0.1) is 18.8 Å². The summed E-state index contributed by atoms with van der Waals surface area (Å²) in [5.41, 5.74) is 1.42. The summed E-state index contributed by atoms with van der Waals surface area (Å²) >= 11 is 0. The van der Waals surface area contributed by atoms with Crippen LogP contribution in [0.4, 0.5) is 0 Å². The molecular weight excluding hydrogens is 320 g/mol. The van der Waals surface area contributed by atoms with E-state index < -0.39 is 14.2 Å². The highest BCUT2D eigenvalue weighted by atomic mass is 28.4. The van der Waals surface area contributed by atoms with Gasteiger partial charge in [-0.15, -0.1) is 0 Å². The fraction of sp³-hybridized carbons (Fsp3) is 0.789. The maximum absolute atomic E-state index is 12.1. The van der Waals surface area contributed by atoms with Gasteiger partial charge in [-0.1, -0.05) is 41.5 Å². The number of carbonyl (C=O) groups is 2. The van der Waals surface area contributed by atoms with E-state index in [0.717, 1.165) is 5.76 Å². The van der Waals surface area contributed by atoms with Crippen LogP contribution in [0.5, 0.6) is 0 Å². The Labute approximate surface area is 148 Å². The van der Waals surface area contributed by atoms with Crippen molar-refractivity contribution in [2.24, 2.45) is 11.8 Å². The minimum Gasteiger partial charge on any atom is -0.546 e. The number of ketones is 1. The molecule has 2 atom stereocenters. The minimum atomic E-state index is -2.04. The van der Waals surface area contributed by atoms with E-state index in [0.29, 0.717) is 29.5 Å². The number of ether oxygens (including phenoxy) is 1. The molecule has 0 saturated heterocycles. The van der Waals surface area contributed by atoms with E-state index in [2.05, 4.69) is 41.5 Å². The Balaban J connectivity index is 3.13. The van der Waals surface area contributed by atoms with Crippen LogP contribution in [0.25, 0.3) is 0 Å². The van der Waals surface area contributed by atoms with Crippen molar-refractivity contribution in [2.75, 3.05) is 7.11 Å². The Morgan fingerprint density at radius 2 is 1.54 bits per heavy atom. The summed E-state index contributed by atoms with van der Waals surface area (Å²) in [5, 5.41) is 0. The smallest absolute Gasteiger partial charge is 0.309 e. The molecule has 5 heteroatoms. The quantitative estimate of drug-likeness (QED) is 0.484. The molecule has 0 aromatic rings. The molecule has 0 aromatic heterocycles. The standard InChI is InChI=1S/C19H34O4Si/c1-12(2)24(13(3)4,14(5)6)23-16-9-10-17(15(7)20)18(11-16)19(21)22-8/h9,12-14,17-18H,10-11H2,1-8H3/t17-,18+/m0/s1. The lowest BCUT2D eigenvalue weighted by Gasteiger charge is -2.44. The molecule has 4 nitrogen and oxygen atoms in total. The highest BCUT2D eigenvalue weighted by Gasteiger charge is 2.48. The van der Waals surface area contributed by atoms with E-state index in [1.807, 2.05) is 6.08 Å². The van der Waals surface area contributed by atoms with Crippen LogP contribution in [0.2, 0.25) is 16.6 Å². The van der Waals surface area contributed by atoms with Crippen molar-refractivity contribution in [1.82, 2.24) is 0 Å². The predicted octanol–water partition coefficient (Wildman–Crippen LogP) is 4.85. The minimum absolute atomic E-state index is 0.0424. The summed E-state index contributed by atoms with van der Waals surface area (Å²) in [5.74, 6) is -0.106. The van der Waals surface area contributed by atoms with Gasteiger partial charge in [0.25, 0.3) is 8.32 Å². The predicted molar refractivity (Wildman–Crippen MR) is 99.1 cm³/mol. The van der Waals surface area contributed by atoms with Crippen LogP contribution in [-0.4, -0.2) is 27.2 Å². The highest BCUT2D eigenvalue weighted by molar-refractivity contribution is 6.77. The van der Waals surface area contributed by atoms with E-state index in [-0.39, 0.29) is 17.7 Å². The fourth-order valence-corrected chi connectivity index (χ4v) is 9.71. The van der Waals surface area contributed by atoms with Crippen molar-refractivity contribution in [3.05, 3.63) is 11.8 Å². The Morgan fingerprint density at radius 3 is 1.92 bits per heavy atom. The molecule has 1 rings (SSSR count). The number of carbonyl (C=O) groups excluding carboxylic acids is 2. The third-order valence-electron chi connectivity index (χ3n) is 5.55. The molecule has 0 radical (unpaired) electrons. The normalized spacial score (nSPS) is 21.9. The lowest BCUT2D eigenvalue weighted by molar-refractivity contribution is -0.150.